The highest BCUT2D eigenvalue weighted by molar-refractivity contribution is 6.33. The molecule has 1 unspecified atom stereocenters. The largest absolute Gasteiger partial charge is 0.396 e. The van der Waals surface area contributed by atoms with Crippen LogP contribution in [0.25, 0.3) is 0 Å². The van der Waals surface area contributed by atoms with Crippen LogP contribution in [0.1, 0.15) is 13.8 Å². The summed E-state index contributed by atoms with van der Waals surface area (Å²) in [5.41, 5.74) is 7.06. The van der Waals surface area contributed by atoms with Crippen molar-refractivity contribution >= 4 is 23.0 Å². The highest BCUT2D eigenvalue weighted by Gasteiger charge is 2.09. The highest BCUT2D eigenvalue weighted by atomic mass is 35.5. The molecule has 1 aromatic carbocycles. The monoisotopic (exact) mass is 228 g/mol. The van der Waals surface area contributed by atoms with Crippen LogP contribution in [0, 0.1) is 5.92 Å². The Balaban J connectivity index is 2.62. The van der Waals surface area contributed by atoms with E-state index in [4.69, 9.17) is 17.3 Å². The summed E-state index contributed by atoms with van der Waals surface area (Å²) in [4.78, 5) is 0. The molecule has 0 aliphatic carbocycles. The molecular weight excluding hydrogens is 212 g/mol. The Bertz CT molecular complexity index is 328. The average molecular weight is 229 g/mol. The molecule has 0 aliphatic rings. The van der Waals surface area contributed by atoms with Crippen molar-refractivity contribution in [1.82, 2.24) is 0 Å². The van der Waals surface area contributed by atoms with Crippen LogP contribution in [0.15, 0.2) is 18.2 Å². The smallest absolute Gasteiger partial charge is 0.0739 e. The van der Waals surface area contributed by atoms with Crippen molar-refractivity contribution in [3.8, 4) is 0 Å². The van der Waals surface area contributed by atoms with Gasteiger partial charge in [0, 0.05) is 6.54 Å². The van der Waals surface area contributed by atoms with Crippen LogP contribution in [0.2, 0.25) is 5.02 Å². The Hall–Kier alpha value is -0.930. The predicted molar refractivity (Wildman–Crippen MR) is 65.2 cm³/mol. The van der Waals surface area contributed by atoms with Gasteiger partial charge in [-0.15, -0.1) is 0 Å². The number of hydrogen-bond acceptors (Lipinski definition) is 3. The molecule has 1 atom stereocenters. The number of aliphatic hydroxyl groups is 1. The maximum absolute atomic E-state index is 9.61. The van der Waals surface area contributed by atoms with Crippen molar-refractivity contribution in [2.45, 2.75) is 20.0 Å². The van der Waals surface area contributed by atoms with Crippen molar-refractivity contribution in [2.24, 2.45) is 5.92 Å². The molecule has 0 amide bonds. The summed E-state index contributed by atoms with van der Waals surface area (Å²) in [5, 5.41) is 13.2. The number of aliphatic hydroxyl groups excluding tert-OH is 1. The van der Waals surface area contributed by atoms with Crippen molar-refractivity contribution in [3.63, 3.8) is 0 Å². The Kier molecular flexibility index (Phi) is 4.24. The first-order valence-electron chi connectivity index (χ1n) is 4.98. The van der Waals surface area contributed by atoms with Crippen LogP contribution in [-0.2, 0) is 0 Å². The third kappa shape index (κ3) is 3.29. The minimum atomic E-state index is -0.386. The number of halogens is 1. The summed E-state index contributed by atoms with van der Waals surface area (Å²) in [6.45, 7) is 4.41. The molecule has 3 nitrogen and oxygen atoms in total. The molecule has 0 spiro atoms. The van der Waals surface area contributed by atoms with Crippen molar-refractivity contribution in [3.05, 3.63) is 23.2 Å². The molecule has 84 valence electrons. The van der Waals surface area contributed by atoms with E-state index in [0.29, 0.717) is 17.3 Å². The normalized spacial score (nSPS) is 12.9. The zero-order valence-corrected chi connectivity index (χ0v) is 9.75. The van der Waals surface area contributed by atoms with Gasteiger partial charge in [0.25, 0.3) is 0 Å². The molecule has 0 aromatic heterocycles. The zero-order chi connectivity index (χ0) is 11.4. The topological polar surface area (TPSA) is 58.3 Å². The third-order valence-corrected chi connectivity index (χ3v) is 2.65. The quantitative estimate of drug-likeness (QED) is 0.694. The Morgan fingerprint density at radius 1 is 1.47 bits per heavy atom. The second-order valence-corrected chi connectivity index (χ2v) is 4.30. The van der Waals surface area contributed by atoms with Crippen LogP contribution in [0.3, 0.4) is 0 Å². The number of nitrogen functional groups attached to an aromatic ring is 1. The van der Waals surface area contributed by atoms with E-state index < -0.39 is 0 Å². The first-order chi connectivity index (χ1) is 7.02. The van der Waals surface area contributed by atoms with Crippen LogP contribution in [0.5, 0.6) is 0 Å². The number of para-hydroxylation sites is 1. The van der Waals surface area contributed by atoms with Gasteiger partial charge in [0.2, 0.25) is 0 Å². The van der Waals surface area contributed by atoms with Gasteiger partial charge >= 0.3 is 0 Å². The van der Waals surface area contributed by atoms with Gasteiger partial charge in [-0.3, -0.25) is 0 Å². The molecule has 0 saturated heterocycles. The highest BCUT2D eigenvalue weighted by Crippen LogP contribution is 2.26. The van der Waals surface area contributed by atoms with Crippen molar-refractivity contribution in [1.29, 1.82) is 0 Å². The van der Waals surface area contributed by atoms with Gasteiger partial charge in [0.1, 0.15) is 0 Å². The lowest BCUT2D eigenvalue weighted by Gasteiger charge is -2.17. The lowest BCUT2D eigenvalue weighted by Crippen LogP contribution is -2.25. The van der Waals surface area contributed by atoms with Gasteiger partial charge in [-0.2, -0.15) is 0 Å². The minimum Gasteiger partial charge on any atom is -0.396 e. The molecule has 15 heavy (non-hydrogen) atoms. The molecule has 0 saturated carbocycles. The van der Waals surface area contributed by atoms with Gasteiger partial charge in [-0.25, -0.2) is 0 Å². The van der Waals surface area contributed by atoms with Gasteiger partial charge in [-0.05, 0) is 18.1 Å². The Morgan fingerprint density at radius 2 is 2.13 bits per heavy atom. The Labute approximate surface area is 95.2 Å². The number of benzene rings is 1. The molecule has 4 N–H and O–H groups in total. The summed E-state index contributed by atoms with van der Waals surface area (Å²) >= 11 is 5.86. The summed E-state index contributed by atoms with van der Waals surface area (Å²) in [5.74, 6) is 0.220. The number of hydrogen-bond donors (Lipinski definition) is 3. The van der Waals surface area contributed by atoms with Crippen LogP contribution in [0.4, 0.5) is 11.4 Å². The fourth-order valence-corrected chi connectivity index (χ4v) is 1.32. The van der Waals surface area contributed by atoms with Gasteiger partial charge < -0.3 is 16.2 Å². The lowest BCUT2D eigenvalue weighted by atomic mass is 10.1. The molecule has 1 aromatic rings. The molecule has 0 radical (unpaired) electrons. The standard InChI is InChI=1S/C11H17ClN2O/c1-7(2)10(15)6-14-9-5-3-4-8(12)11(9)13/h3-5,7,10,14-15H,6,13H2,1-2H3. The number of nitrogens with two attached hydrogens (primary N) is 1. The van der Waals surface area contributed by atoms with E-state index >= 15 is 0 Å². The Morgan fingerprint density at radius 3 is 2.73 bits per heavy atom. The number of anilines is 2. The van der Waals surface area contributed by atoms with Gasteiger partial charge in [-0.1, -0.05) is 31.5 Å². The third-order valence-electron chi connectivity index (χ3n) is 2.32. The first kappa shape index (κ1) is 12.1. The SMILES string of the molecule is CC(C)C(O)CNc1cccc(Cl)c1N. The maximum Gasteiger partial charge on any atom is 0.0739 e. The van der Waals surface area contributed by atoms with E-state index in [9.17, 15) is 5.11 Å². The first-order valence-corrected chi connectivity index (χ1v) is 5.36. The fraction of sp³-hybridized carbons (Fsp3) is 0.455. The lowest BCUT2D eigenvalue weighted by molar-refractivity contribution is 0.138. The number of rotatable bonds is 4. The van der Waals surface area contributed by atoms with Gasteiger partial charge in [0.15, 0.2) is 0 Å². The average Bonchev–Trinajstić information content (AvgIpc) is 2.19. The molecule has 0 heterocycles. The molecule has 4 heteroatoms. The molecule has 0 bridgehead atoms. The summed E-state index contributed by atoms with van der Waals surface area (Å²) in [7, 11) is 0. The summed E-state index contributed by atoms with van der Waals surface area (Å²) < 4.78 is 0. The van der Waals surface area contributed by atoms with E-state index in [1.54, 1.807) is 6.07 Å². The maximum atomic E-state index is 9.61. The van der Waals surface area contributed by atoms with Crippen molar-refractivity contribution < 1.29 is 5.11 Å². The fourth-order valence-electron chi connectivity index (χ4n) is 1.14. The summed E-state index contributed by atoms with van der Waals surface area (Å²) in [6.07, 6.45) is -0.386. The second-order valence-electron chi connectivity index (χ2n) is 3.89. The van der Waals surface area contributed by atoms with Crippen LogP contribution < -0.4 is 11.1 Å². The van der Waals surface area contributed by atoms with E-state index in [0.717, 1.165) is 5.69 Å². The van der Waals surface area contributed by atoms with E-state index in [2.05, 4.69) is 5.32 Å². The van der Waals surface area contributed by atoms with E-state index in [1.807, 2.05) is 26.0 Å². The van der Waals surface area contributed by atoms with E-state index in [1.165, 1.54) is 0 Å². The molecule has 1 rings (SSSR count). The number of nitrogens with one attached hydrogen (secondary N) is 1. The minimum absolute atomic E-state index is 0.220. The zero-order valence-electron chi connectivity index (χ0n) is 9.00. The molecule has 0 aliphatic heterocycles. The predicted octanol–water partition coefficient (Wildman–Crippen LogP) is 2.35. The van der Waals surface area contributed by atoms with Crippen molar-refractivity contribution in [2.75, 3.05) is 17.6 Å². The van der Waals surface area contributed by atoms with Crippen LogP contribution >= 0.6 is 11.6 Å². The van der Waals surface area contributed by atoms with E-state index in [-0.39, 0.29) is 12.0 Å². The molecule has 0 fully saturated rings. The van der Waals surface area contributed by atoms with Gasteiger partial charge in [0.05, 0.1) is 22.5 Å². The van der Waals surface area contributed by atoms with Crippen LogP contribution in [-0.4, -0.2) is 17.8 Å². The summed E-state index contributed by atoms with van der Waals surface area (Å²) in [6, 6.07) is 5.40. The molecular formula is C11H17ClN2O. The second kappa shape index (κ2) is 5.24.